The van der Waals surface area contributed by atoms with Crippen LogP contribution < -0.4 is 0 Å². The van der Waals surface area contributed by atoms with Crippen molar-refractivity contribution in [3.8, 4) is 5.75 Å². The molecule has 124 valence electrons. The predicted molar refractivity (Wildman–Crippen MR) is 99.3 cm³/mol. The van der Waals surface area contributed by atoms with Gasteiger partial charge in [-0.2, -0.15) is 0 Å². The van der Waals surface area contributed by atoms with Crippen molar-refractivity contribution >= 4 is 34.8 Å². The molecule has 2 aliphatic carbocycles. The number of phenolic OH excluding ortho intramolecular Hbond substituents is 1. The summed E-state index contributed by atoms with van der Waals surface area (Å²) in [6, 6.07) is 4.76. The fraction of sp³-hybridized carbons (Fsp3) is 0.350. The van der Waals surface area contributed by atoms with E-state index in [9.17, 15) is 9.90 Å². The fourth-order valence-corrected chi connectivity index (χ4v) is 5.61. The number of carbonyl (C=O) groups is 1. The van der Waals surface area contributed by atoms with Crippen LogP contribution >= 0.6 is 22.9 Å². The third-order valence-electron chi connectivity index (χ3n) is 5.64. The molecule has 0 aliphatic heterocycles. The monoisotopic (exact) mass is 358 g/mol. The van der Waals surface area contributed by atoms with E-state index in [0.717, 1.165) is 16.9 Å². The van der Waals surface area contributed by atoms with Gasteiger partial charge in [-0.05, 0) is 77.6 Å². The van der Waals surface area contributed by atoms with Gasteiger partial charge in [-0.15, -0.1) is 11.3 Å². The van der Waals surface area contributed by atoms with E-state index in [0.29, 0.717) is 22.3 Å². The zero-order valence-corrected chi connectivity index (χ0v) is 15.5. The van der Waals surface area contributed by atoms with Crippen molar-refractivity contribution < 1.29 is 9.90 Å². The molecule has 0 bridgehead atoms. The number of allylic oxidation sites excluding steroid dienone is 1. The maximum atomic E-state index is 12.7. The molecule has 4 heteroatoms. The van der Waals surface area contributed by atoms with Crippen LogP contribution in [0.2, 0.25) is 5.02 Å². The number of rotatable bonds is 3. The van der Waals surface area contributed by atoms with E-state index < -0.39 is 0 Å². The Morgan fingerprint density at radius 3 is 2.88 bits per heavy atom. The number of hydrogen-bond acceptors (Lipinski definition) is 3. The minimum absolute atomic E-state index is 0.0487. The molecule has 1 fully saturated rings. The molecule has 0 spiro atoms. The molecule has 2 atom stereocenters. The van der Waals surface area contributed by atoms with Crippen molar-refractivity contribution in [3.05, 3.63) is 55.7 Å². The Morgan fingerprint density at radius 2 is 2.17 bits per heavy atom. The van der Waals surface area contributed by atoms with Crippen molar-refractivity contribution in [2.75, 3.05) is 0 Å². The number of fused-ring (bicyclic) bond motifs is 3. The van der Waals surface area contributed by atoms with Crippen LogP contribution in [0.3, 0.4) is 0 Å². The van der Waals surface area contributed by atoms with E-state index in [-0.39, 0.29) is 11.5 Å². The van der Waals surface area contributed by atoms with Gasteiger partial charge < -0.3 is 5.11 Å². The summed E-state index contributed by atoms with van der Waals surface area (Å²) in [4.78, 5) is 14.9. The highest BCUT2D eigenvalue weighted by atomic mass is 35.5. The summed E-state index contributed by atoms with van der Waals surface area (Å²) >= 11 is 7.72. The molecule has 2 aromatic rings. The Morgan fingerprint density at radius 1 is 1.42 bits per heavy atom. The van der Waals surface area contributed by atoms with Gasteiger partial charge in [0.05, 0.1) is 9.90 Å². The Bertz CT molecular complexity index is 891. The van der Waals surface area contributed by atoms with Crippen LogP contribution in [-0.2, 0) is 6.42 Å². The molecule has 0 amide bonds. The average Bonchev–Trinajstić information content (AvgIpc) is 2.86. The fourth-order valence-electron chi connectivity index (χ4n) is 4.22. The molecule has 2 aliphatic rings. The average molecular weight is 359 g/mol. The lowest BCUT2D eigenvalue weighted by atomic mass is 9.94. The van der Waals surface area contributed by atoms with Crippen LogP contribution in [0.15, 0.2) is 24.3 Å². The highest BCUT2D eigenvalue weighted by molar-refractivity contribution is 7.14. The quantitative estimate of drug-likeness (QED) is 0.572. The second kappa shape index (κ2) is 5.21. The van der Waals surface area contributed by atoms with Gasteiger partial charge in [0.25, 0.3) is 0 Å². The number of ketones is 1. The minimum atomic E-state index is 0.0487. The molecule has 1 N–H and O–H groups in total. The third kappa shape index (κ3) is 2.26. The highest BCUT2D eigenvalue weighted by Gasteiger charge is 2.63. The predicted octanol–water partition coefficient (Wildman–Crippen LogP) is 5.61. The number of hydrogen-bond donors (Lipinski definition) is 1. The second-order valence-corrected chi connectivity index (χ2v) is 9.02. The van der Waals surface area contributed by atoms with Gasteiger partial charge in [0.15, 0.2) is 5.78 Å². The number of halogens is 1. The Kier molecular flexibility index (Phi) is 3.45. The standard InChI is InChI=1S/C20H19ClO2S/c1-10-17-13(9-14-18(17)20(14,2)3)19(24-10)16(23)7-5-11-4-6-12(22)8-15(11)21/h4-8,14,18,22H,9H2,1-3H3/b7-5+/t14-,18-/m1/s1. The van der Waals surface area contributed by atoms with Crippen LogP contribution in [0.1, 0.15) is 51.0 Å². The summed E-state index contributed by atoms with van der Waals surface area (Å²) in [5, 5.41) is 9.84. The first-order valence-corrected chi connectivity index (χ1v) is 9.33. The smallest absolute Gasteiger partial charge is 0.196 e. The summed E-state index contributed by atoms with van der Waals surface area (Å²) in [6.45, 7) is 6.80. The van der Waals surface area contributed by atoms with Crippen LogP contribution in [0.5, 0.6) is 5.75 Å². The molecular weight excluding hydrogens is 340 g/mol. The molecule has 24 heavy (non-hydrogen) atoms. The molecule has 1 heterocycles. The van der Waals surface area contributed by atoms with Crippen molar-refractivity contribution in [2.24, 2.45) is 11.3 Å². The van der Waals surface area contributed by atoms with Gasteiger partial charge in [0, 0.05) is 4.88 Å². The van der Waals surface area contributed by atoms with Gasteiger partial charge in [0.2, 0.25) is 0 Å². The number of benzene rings is 1. The van der Waals surface area contributed by atoms with E-state index >= 15 is 0 Å². The molecular formula is C20H19ClO2S. The number of phenols is 1. The first kappa shape index (κ1) is 15.9. The molecule has 1 saturated carbocycles. The minimum Gasteiger partial charge on any atom is -0.508 e. The van der Waals surface area contributed by atoms with E-state index in [1.165, 1.54) is 22.1 Å². The molecule has 4 rings (SSSR count). The largest absolute Gasteiger partial charge is 0.508 e. The van der Waals surface area contributed by atoms with E-state index in [1.54, 1.807) is 35.6 Å². The molecule has 2 nitrogen and oxygen atoms in total. The van der Waals surface area contributed by atoms with Crippen LogP contribution in [0, 0.1) is 18.3 Å². The summed E-state index contributed by atoms with van der Waals surface area (Å²) in [5.74, 6) is 1.52. The number of carbonyl (C=O) groups excluding carboxylic acids is 1. The Labute approximate surface area is 150 Å². The normalized spacial score (nSPS) is 23.3. The zero-order valence-electron chi connectivity index (χ0n) is 13.9. The van der Waals surface area contributed by atoms with Crippen LogP contribution in [-0.4, -0.2) is 10.9 Å². The molecule has 0 saturated heterocycles. The van der Waals surface area contributed by atoms with Gasteiger partial charge in [-0.25, -0.2) is 0 Å². The van der Waals surface area contributed by atoms with Crippen molar-refractivity contribution in [3.63, 3.8) is 0 Å². The van der Waals surface area contributed by atoms with Crippen molar-refractivity contribution in [1.29, 1.82) is 0 Å². The topological polar surface area (TPSA) is 37.3 Å². The lowest BCUT2D eigenvalue weighted by Crippen LogP contribution is -2.02. The van der Waals surface area contributed by atoms with E-state index in [2.05, 4.69) is 20.8 Å². The number of thiophene rings is 1. The summed E-state index contributed by atoms with van der Waals surface area (Å²) in [7, 11) is 0. The number of aryl methyl sites for hydroxylation is 1. The zero-order chi connectivity index (χ0) is 17.2. The first-order chi connectivity index (χ1) is 11.3. The highest BCUT2D eigenvalue weighted by Crippen LogP contribution is 2.71. The number of aromatic hydroxyl groups is 1. The van der Waals surface area contributed by atoms with E-state index in [1.807, 2.05) is 0 Å². The second-order valence-electron chi connectivity index (χ2n) is 7.39. The van der Waals surface area contributed by atoms with Gasteiger partial charge in [-0.1, -0.05) is 25.4 Å². The third-order valence-corrected chi connectivity index (χ3v) is 7.15. The Balaban J connectivity index is 1.62. The molecule has 0 radical (unpaired) electrons. The van der Waals surface area contributed by atoms with Crippen molar-refractivity contribution in [2.45, 2.75) is 33.1 Å². The maximum Gasteiger partial charge on any atom is 0.196 e. The van der Waals surface area contributed by atoms with Gasteiger partial charge in [-0.3, -0.25) is 4.79 Å². The van der Waals surface area contributed by atoms with E-state index in [4.69, 9.17) is 11.6 Å². The van der Waals surface area contributed by atoms with Crippen LogP contribution in [0.25, 0.3) is 6.08 Å². The van der Waals surface area contributed by atoms with Crippen LogP contribution in [0.4, 0.5) is 0 Å². The Hall–Kier alpha value is -1.58. The van der Waals surface area contributed by atoms with Gasteiger partial charge >= 0.3 is 0 Å². The van der Waals surface area contributed by atoms with Crippen molar-refractivity contribution in [1.82, 2.24) is 0 Å². The lowest BCUT2D eigenvalue weighted by molar-refractivity contribution is 0.105. The molecule has 0 unspecified atom stereocenters. The summed E-state index contributed by atoms with van der Waals surface area (Å²) in [5.41, 5.74) is 3.85. The molecule has 1 aromatic carbocycles. The molecule has 1 aromatic heterocycles. The SMILES string of the molecule is Cc1sc(C(=O)/C=C/c2ccc(O)cc2Cl)c2c1[C@H]1[C@@H](C2)C1(C)C. The summed E-state index contributed by atoms with van der Waals surface area (Å²) < 4.78 is 0. The first-order valence-electron chi connectivity index (χ1n) is 8.13. The van der Waals surface area contributed by atoms with Gasteiger partial charge in [0.1, 0.15) is 5.75 Å². The lowest BCUT2D eigenvalue weighted by Gasteiger charge is -2.09. The summed E-state index contributed by atoms with van der Waals surface area (Å²) in [6.07, 6.45) is 4.36. The maximum absolute atomic E-state index is 12.7.